The second-order valence-electron chi connectivity index (χ2n) is 11.4. The van der Waals surface area contributed by atoms with Gasteiger partial charge in [-0.05, 0) is 86.1 Å². The summed E-state index contributed by atoms with van der Waals surface area (Å²) in [7, 11) is 0. The summed E-state index contributed by atoms with van der Waals surface area (Å²) in [6, 6.07) is 9.13. The van der Waals surface area contributed by atoms with Crippen molar-refractivity contribution >= 4 is 16.7 Å². The summed E-state index contributed by atoms with van der Waals surface area (Å²) in [4.78, 5) is 14.0. The minimum atomic E-state index is -4.50. The number of carbonyl (C=O) groups is 1. The van der Waals surface area contributed by atoms with Crippen molar-refractivity contribution in [3.8, 4) is 5.75 Å². The number of aliphatic carboxylic acids is 1. The average molecular weight is 518 g/mol. The lowest BCUT2D eigenvalue weighted by molar-refractivity contribution is -0.146. The van der Waals surface area contributed by atoms with Gasteiger partial charge in [0.05, 0.1) is 12.0 Å². The van der Waals surface area contributed by atoms with Crippen LogP contribution in [-0.4, -0.2) is 40.7 Å². The van der Waals surface area contributed by atoms with Crippen molar-refractivity contribution in [2.24, 2.45) is 11.8 Å². The van der Waals surface area contributed by atoms with Gasteiger partial charge in [0.2, 0.25) is 0 Å². The smallest absolute Gasteiger partial charge is 0.420 e. The molecule has 2 bridgehead atoms. The lowest BCUT2D eigenvalue weighted by atomic mass is 9.78. The van der Waals surface area contributed by atoms with Crippen LogP contribution in [0.5, 0.6) is 5.75 Å². The first-order valence-corrected chi connectivity index (χ1v) is 14.0. The lowest BCUT2D eigenvalue weighted by Gasteiger charge is -2.48. The highest BCUT2D eigenvalue weighted by Crippen LogP contribution is 2.43. The van der Waals surface area contributed by atoms with Crippen LogP contribution < -0.4 is 4.74 Å². The van der Waals surface area contributed by atoms with Crippen molar-refractivity contribution in [2.75, 3.05) is 6.54 Å². The van der Waals surface area contributed by atoms with Crippen LogP contribution in [0.3, 0.4) is 0 Å². The van der Waals surface area contributed by atoms with Gasteiger partial charge in [0.1, 0.15) is 11.3 Å². The van der Waals surface area contributed by atoms with Crippen molar-refractivity contribution in [3.05, 3.63) is 41.5 Å². The van der Waals surface area contributed by atoms with Crippen molar-refractivity contribution in [3.63, 3.8) is 0 Å². The van der Waals surface area contributed by atoms with Gasteiger partial charge in [0, 0.05) is 18.6 Å². The van der Waals surface area contributed by atoms with E-state index in [1.165, 1.54) is 6.07 Å². The third kappa shape index (κ3) is 5.76. The first-order chi connectivity index (χ1) is 17.7. The summed E-state index contributed by atoms with van der Waals surface area (Å²) in [5, 5.41) is 10.3. The Balaban J connectivity index is 1.32. The minimum Gasteiger partial charge on any atom is -0.490 e. The number of carboxylic acids is 1. The number of fused-ring (bicyclic) bond motifs is 3. The fraction of sp³-hybridized carbons (Fsp3) is 0.633. The van der Waals surface area contributed by atoms with Gasteiger partial charge in [-0.25, -0.2) is 0 Å². The van der Waals surface area contributed by atoms with Gasteiger partial charge >= 0.3 is 12.1 Å². The maximum Gasteiger partial charge on any atom is 0.420 e. The third-order valence-electron chi connectivity index (χ3n) is 9.13. The van der Waals surface area contributed by atoms with Gasteiger partial charge in [-0.2, -0.15) is 13.2 Å². The zero-order valence-corrected chi connectivity index (χ0v) is 21.6. The Morgan fingerprint density at radius 2 is 1.73 bits per heavy atom. The van der Waals surface area contributed by atoms with Gasteiger partial charge in [-0.1, -0.05) is 44.0 Å². The number of ether oxygens (including phenoxy) is 1. The molecule has 0 radical (unpaired) electrons. The van der Waals surface area contributed by atoms with Crippen LogP contribution in [0.4, 0.5) is 13.2 Å². The second-order valence-corrected chi connectivity index (χ2v) is 11.4. The zero-order chi connectivity index (χ0) is 26.2. The molecule has 202 valence electrons. The minimum absolute atomic E-state index is 0.0539. The molecule has 0 amide bonds. The molecule has 2 saturated heterocycles. The summed E-state index contributed by atoms with van der Waals surface area (Å²) in [6.45, 7) is 2.97. The molecule has 4 nitrogen and oxygen atoms in total. The molecule has 7 heteroatoms. The molecule has 1 saturated carbocycles. The Labute approximate surface area is 217 Å². The predicted octanol–water partition coefficient (Wildman–Crippen LogP) is 7.47. The van der Waals surface area contributed by atoms with E-state index in [4.69, 9.17) is 4.74 Å². The van der Waals surface area contributed by atoms with Gasteiger partial charge in [0.15, 0.2) is 0 Å². The largest absolute Gasteiger partial charge is 0.490 e. The Bertz CT molecular complexity index is 1100. The monoisotopic (exact) mass is 517 g/mol. The number of hydrogen-bond acceptors (Lipinski definition) is 3. The fourth-order valence-corrected chi connectivity index (χ4v) is 7.05. The maximum atomic E-state index is 14.2. The molecular formula is C30H38F3NO3. The van der Waals surface area contributed by atoms with E-state index in [9.17, 15) is 23.1 Å². The van der Waals surface area contributed by atoms with Crippen LogP contribution in [0, 0.1) is 11.8 Å². The number of alkyl halides is 3. The first kappa shape index (κ1) is 26.3. The van der Waals surface area contributed by atoms with E-state index < -0.39 is 17.7 Å². The van der Waals surface area contributed by atoms with E-state index in [0.29, 0.717) is 24.1 Å². The van der Waals surface area contributed by atoms with E-state index in [1.54, 1.807) is 12.1 Å². The summed E-state index contributed by atoms with van der Waals surface area (Å²) in [5.74, 6) is -0.350. The third-order valence-corrected chi connectivity index (χ3v) is 9.13. The SMILES string of the molecule is CC[C@H]1CC[C@@H](Oc2ccc3cc(CCN4C5CCC[C@@H]4CC(C(=O)O)C5)ccc3c2C(F)(F)F)CC1. The molecule has 0 aromatic heterocycles. The Kier molecular flexibility index (Phi) is 7.71. The standard InChI is InChI=1S/C30H38F3NO3/c1-2-19-6-10-25(11-7-19)37-27-13-9-21-16-20(8-12-26(21)28(27)30(31,32)33)14-15-34-23-4-3-5-24(34)18-22(17-23)29(35)36/h8-9,12-13,16,19,22-25H,2-7,10-11,14-15,17-18H2,1H3,(H,35,36)/t19-,22?,23-,24?,25+/m1/s1. The topological polar surface area (TPSA) is 49.8 Å². The molecule has 37 heavy (non-hydrogen) atoms. The summed E-state index contributed by atoms with van der Waals surface area (Å²) in [5.41, 5.74) is 0.338. The highest BCUT2D eigenvalue weighted by Gasteiger charge is 2.40. The number of rotatable bonds is 7. The van der Waals surface area contributed by atoms with Crippen molar-refractivity contribution < 1.29 is 27.8 Å². The van der Waals surface area contributed by atoms with Crippen LogP contribution in [0.15, 0.2) is 30.3 Å². The van der Waals surface area contributed by atoms with Crippen LogP contribution in [0.1, 0.15) is 82.3 Å². The highest BCUT2D eigenvalue weighted by atomic mass is 19.4. The van der Waals surface area contributed by atoms with E-state index in [0.717, 1.165) is 69.9 Å². The second kappa shape index (κ2) is 10.8. The van der Waals surface area contributed by atoms with Crippen molar-refractivity contribution in [1.82, 2.24) is 4.90 Å². The maximum absolute atomic E-state index is 14.2. The molecule has 3 aliphatic rings. The number of halogens is 3. The van der Waals surface area contributed by atoms with E-state index in [1.807, 2.05) is 12.1 Å². The van der Waals surface area contributed by atoms with Crippen molar-refractivity contribution in [1.29, 1.82) is 0 Å². The molecule has 2 unspecified atom stereocenters. The van der Waals surface area contributed by atoms with Crippen LogP contribution in [-0.2, 0) is 17.4 Å². The molecule has 0 spiro atoms. The lowest BCUT2D eigenvalue weighted by Crippen LogP contribution is -2.53. The van der Waals surface area contributed by atoms with E-state index in [-0.39, 0.29) is 35.2 Å². The van der Waals surface area contributed by atoms with E-state index in [2.05, 4.69) is 11.8 Å². The van der Waals surface area contributed by atoms with Crippen LogP contribution in [0.25, 0.3) is 10.8 Å². The molecule has 1 N–H and O–H groups in total. The molecule has 1 aliphatic carbocycles. The quantitative estimate of drug-likeness (QED) is 0.414. The van der Waals surface area contributed by atoms with E-state index >= 15 is 0 Å². The van der Waals surface area contributed by atoms with Crippen molar-refractivity contribution in [2.45, 2.75) is 102 Å². The zero-order valence-electron chi connectivity index (χ0n) is 21.6. The summed E-state index contributed by atoms with van der Waals surface area (Å²) in [6.07, 6.45) is 5.39. The van der Waals surface area contributed by atoms with Gasteiger partial charge in [-0.15, -0.1) is 0 Å². The molecule has 3 fully saturated rings. The molecule has 2 heterocycles. The average Bonchev–Trinajstić information content (AvgIpc) is 2.86. The van der Waals surface area contributed by atoms with Gasteiger partial charge < -0.3 is 9.84 Å². The predicted molar refractivity (Wildman–Crippen MR) is 138 cm³/mol. The van der Waals surface area contributed by atoms with Crippen LogP contribution >= 0.6 is 0 Å². The molecule has 2 aliphatic heterocycles. The Morgan fingerprint density at radius 3 is 2.35 bits per heavy atom. The molecule has 2 aromatic carbocycles. The highest BCUT2D eigenvalue weighted by molar-refractivity contribution is 5.89. The van der Waals surface area contributed by atoms with Gasteiger partial charge in [-0.3, -0.25) is 9.69 Å². The summed E-state index contributed by atoms with van der Waals surface area (Å²) >= 11 is 0. The summed E-state index contributed by atoms with van der Waals surface area (Å²) < 4.78 is 48.7. The Morgan fingerprint density at radius 1 is 1.03 bits per heavy atom. The Hall–Kier alpha value is -2.28. The number of hydrogen-bond donors (Lipinski definition) is 1. The van der Waals surface area contributed by atoms with Gasteiger partial charge in [0.25, 0.3) is 0 Å². The molecule has 3 atom stereocenters. The molecular weight excluding hydrogens is 479 g/mol. The fourth-order valence-electron chi connectivity index (χ4n) is 7.05. The number of carboxylic acid groups (broad SMARTS) is 1. The number of nitrogens with zero attached hydrogens (tertiary/aromatic N) is 1. The number of benzene rings is 2. The van der Waals surface area contributed by atoms with Crippen LogP contribution in [0.2, 0.25) is 0 Å². The normalized spacial score (nSPS) is 28.8. The molecule has 5 rings (SSSR count). The number of piperidine rings is 2. The first-order valence-electron chi connectivity index (χ1n) is 14.0. The molecule has 2 aromatic rings.